The first-order valence-electron chi connectivity index (χ1n) is 2.83. The van der Waals surface area contributed by atoms with Gasteiger partial charge in [-0.2, -0.15) is 0 Å². The van der Waals surface area contributed by atoms with Crippen LogP contribution < -0.4 is 10.3 Å². The van der Waals surface area contributed by atoms with Gasteiger partial charge >= 0.3 is 11.7 Å². The second-order valence-electron chi connectivity index (χ2n) is 1.65. The van der Waals surface area contributed by atoms with Crippen LogP contribution in [0.25, 0.3) is 0 Å². The van der Waals surface area contributed by atoms with E-state index in [0.29, 0.717) is 0 Å². The summed E-state index contributed by atoms with van der Waals surface area (Å²) in [7, 11) is 1.54. The second-order valence-corrected chi connectivity index (χ2v) is 1.65. The molecule has 10 heavy (non-hydrogen) atoms. The van der Waals surface area contributed by atoms with Crippen molar-refractivity contribution in [2.24, 2.45) is 4.99 Å². The normalized spacial score (nSPS) is 14.7. The first kappa shape index (κ1) is 6.67. The van der Waals surface area contributed by atoms with Crippen molar-refractivity contribution >= 4 is 18.0 Å². The maximum absolute atomic E-state index is 10.8. The lowest BCUT2D eigenvalue weighted by molar-refractivity contribution is -0.114. The van der Waals surface area contributed by atoms with Crippen molar-refractivity contribution in [2.75, 3.05) is 7.05 Å². The molecule has 0 spiro atoms. The van der Waals surface area contributed by atoms with Gasteiger partial charge in [-0.3, -0.25) is 4.79 Å². The van der Waals surface area contributed by atoms with Crippen LogP contribution >= 0.6 is 0 Å². The van der Waals surface area contributed by atoms with Gasteiger partial charge in [-0.15, -0.1) is 0 Å². The molecule has 0 aromatic heterocycles. The fourth-order valence-corrected chi connectivity index (χ4v) is 0.528. The summed E-state index contributed by atoms with van der Waals surface area (Å²) < 4.78 is 0. The summed E-state index contributed by atoms with van der Waals surface area (Å²) in [4.78, 5) is 18.2. The van der Waals surface area contributed by atoms with Crippen molar-refractivity contribution in [3.8, 4) is 0 Å². The van der Waals surface area contributed by atoms with E-state index in [0.717, 1.165) is 0 Å². The minimum Gasteiger partial charge on any atom is -0.348 e. The Labute approximate surface area is 58.4 Å². The van der Waals surface area contributed by atoms with E-state index >= 15 is 0 Å². The second kappa shape index (κ2) is 2.91. The molecule has 1 aliphatic heterocycles. The number of hydrogen-bond acceptors (Lipinski definition) is 3. The van der Waals surface area contributed by atoms with Crippen molar-refractivity contribution in [2.45, 2.75) is 0 Å². The number of hydrogen-bond donors (Lipinski definition) is 1. The van der Waals surface area contributed by atoms with Gasteiger partial charge < -0.3 is 5.32 Å². The topological polar surface area (TPSA) is 55.6 Å². The third kappa shape index (κ3) is 1.28. The molecule has 0 aromatic rings. The van der Waals surface area contributed by atoms with Crippen molar-refractivity contribution < 1.29 is 4.79 Å². The number of allylic oxidation sites excluding steroid dienone is 1. The Morgan fingerprint density at radius 3 is 3.10 bits per heavy atom. The number of nitrogens with one attached hydrogen (secondary N) is 1. The first-order valence-corrected chi connectivity index (χ1v) is 2.83. The molecule has 1 radical (unpaired) electrons. The van der Waals surface area contributed by atoms with E-state index in [1.54, 1.807) is 13.1 Å². The van der Waals surface area contributed by atoms with E-state index in [-0.39, 0.29) is 11.7 Å². The van der Waals surface area contributed by atoms with E-state index in [2.05, 4.69) is 15.3 Å². The van der Waals surface area contributed by atoms with Gasteiger partial charge in [-0.1, -0.05) is 0 Å². The zero-order valence-electron chi connectivity index (χ0n) is 5.53. The Morgan fingerprint density at radius 1 is 1.80 bits per heavy atom. The van der Waals surface area contributed by atoms with Crippen LogP contribution in [0.2, 0.25) is 0 Å². The molecule has 51 valence electrons. The van der Waals surface area contributed by atoms with Crippen LogP contribution in [0.1, 0.15) is 0 Å². The van der Waals surface area contributed by atoms with Crippen LogP contribution in [-0.4, -0.2) is 25.0 Å². The number of amidine groups is 1. The molecule has 0 aliphatic carbocycles. The number of rotatable bonds is 1. The number of carbonyl (C=O) groups is 1. The highest BCUT2D eigenvalue weighted by Crippen LogP contribution is 1.81. The molecule has 1 rings (SSSR count). The lowest BCUT2D eigenvalue weighted by Gasteiger charge is -1.87. The van der Waals surface area contributed by atoms with Crippen molar-refractivity contribution in [1.82, 2.24) is 10.3 Å². The predicted molar refractivity (Wildman–Crippen MR) is 38.8 cm³/mol. The van der Waals surface area contributed by atoms with E-state index in [1.165, 1.54) is 12.4 Å². The molecule has 0 unspecified atom stereocenters. The molecule has 1 aliphatic rings. The molecular weight excluding hydrogens is 130 g/mol. The molecule has 1 amide bonds. The summed E-state index contributed by atoms with van der Waals surface area (Å²) in [6.45, 7) is 0. The molecule has 0 bridgehead atoms. The zero-order chi connectivity index (χ0) is 7.40. The van der Waals surface area contributed by atoms with Gasteiger partial charge in [-0.05, 0) is 9.98 Å². The highest BCUT2D eigenvalue weighted by atomic mass is 16.2. The summed E-state index contributed by atoms with van der Waals surface area (Å²) in [6.07, 6.45) is 4.71. The fraction of sp³-hybridized carbons (Fsp3) is 0.167. The van der Waals surface area contributed by atoms with Gasteiger partial charge in [0.2, 0.25) is 0 Å². The van der Waals surface area contributed by atoms with E-state index in [4.69, 9.17) is 0 Å². The summed E-state index contributed by atoms with van der Waals surface area (Å²) in [5, 5.41) is 2.42. The van der Waals surface area contributed by atoms with Crippen molar-refractivity contribution in [3.05, 3.63) is 12.3 Å². The maximum atomic E-state index is 10.8. The van der Waals surface area contributed by atoms with E-state index in [9.17, 15) is 4.79 Å². The predicted octanol–water partition coefficient (Wildman–Crippen LogP) is -0.935. The van der Waals surface area contributed by atoms with Gasteiger partial charge in [0.1, 0.15) is 12.4 Å². The molecular formula is C6H7N3O+. The molecule has 0 aromatic carbocycles. The third-order valence-corrected chi connectivity index (χ3v) is 0.996. The molecule has 1 N–H and O–H groups in total. The molecule has 0 saturated heterocycles. The van der Waals surface area contributed by atoms with Gasteiger partial charge in [-0.25, -0.2) is 0 Å². The number of aliphatic imine (C=N–C) groups is 2. The lowest BCUT2D eigenvalue weighted by Crippen LogP contribution is -2.31. The number of nitrogens with zero attached hydrogens (tertiary/aromatic N) is 2. The molecule has 4 heteroatoms. The van der Waals surface area contributed by atoms with Crippen LogP contribution in [0, 0.1) is 0 Å². The smallest absolute Gasteiger partial charge is 0.348 e. The largest absolute Gasteiger partial charge is 0.429 e. The van der Waals surface area contributed by atoms with E-state index < -0.39 is 0 Å². The highest BCUT2D eigenvalue weighted by Gasteiger charge is 2.18. The maximum Gasteiger partial charge on any atom is 0.429 e. The van der Waals surface area contributed by atoms with Gasteiger partial charge in [0.05, 0.1) is 0 Å². The van der Waals surface area contributed by atoms with Crippen LogP contribution in [0.4, 0.5) is 0 Å². The average Bonchev–Trinajstić information content (AvgIpc) is 2.05. The Kier molecular flexibility index (Phi) is 1.94. The van der Waals surface area contributed by atoms with Crippen LogP contribution in [0.5, 0.6) is 0 Å². The first-order chi connectivity index (χ1) is 4.84. The summed E-state index contributed by atoms with van der Waals surface area (Å²) in [5.41, 5.74) is 0. The average molecular weight is 137 g/mol. The van der Waals surface area contributed by atoms with Crippen LogP contribution in [0.3, 0.4) is 0 Å². The Morgan fingerprint density at radius 2 is 2.60 bits per heavy atom. The zero-order valence-corrected chi connectivity index (χ0v) is 5.53. The molecule has 0 saturated carbocycles. The highest BCUT2D eigenvalue weighted by molar-refractivity contribution is 6.38. The lowest BCUT2D eigenvalue weighted by atomic mass is 10.5. The Hall–Kier alpha value is -1.45. The standard InChI is InChI=1S/C6H7N3O/c1-7-6(10)5-8-3-2-4-9-5/h2-4H,1H3,(H,7,10)/q+1. The van der Waals surface area contributed by atoms with Gasteiger partial charge in [0.25, 0.3) is 0 Å². The van der Waals surface area contributed by atoms with Gasteiger partial charge in [0, 0.05) is 13.1 Å². The number of amides is 1. The molecule has 0 atom stereocenters. The fourth-order valence-electron chi connectivity index (χ4n) is 0.528. The van der Waals surface area contributed by atoms with Gasteiger partial charge in [0.15, 0.2) is 0 Å². The minimum absolute atomic E-state index is 0.199. The van der Waals surface area contributed by atoms with Crippen molar-refractivity contribution in [3.63, 3.8) is 0 Å². The SMILES string of the molecule is CNC(=O)C1=NC=CC=[N+]1. The summed E-state index contributed by atoms with van der Waals surface area (Å²) >= 11 is 0. The number of likely N-dealkylation sites (N-methyl/N-ethyl adjacent to an activating group) is 1. The van der Waals surface area contributed by atoms with Crippen LogP contribution in [0.15, 0.2) is 17.3 Å². The molecule has 1 heterocycles. The Bertz CT molecular complexity index is 227. The van der Waals surface area contributed by atoms with Crippen LogP contribution in [-0.2, 0) is 4.79 Å². The minimum atomic E-state index is -0.263. The van der Waals surface area contributed by atoms with Crippen molar-refractivity contribution in [1.29, 1.82) is 0 Å². The summed E-state index contributed by atoms with van der Waals surface area (Å²) in [6, 6.07) is 0. The monoisotopic (exact) mass is 137 g/mol. The molecule has 0 fully saturated rings. The Balaban J connectivity index is 2.74. The quantitative estimate of drug-likeness (QED) is 0.498. The van der Waals surface area contributed by atoms with E-state index in [1.807, 2.05) is 0 Å². The third-order valence-electron chi connectivity index (χ3n) is 0.996. The number of carbonyl (C=O) groups excluding carboxylic acids is 1. The summed E-state index contributed by atoms with van der Waals surface area (Å²) in [5.74, 6) is -0.0643. The molecule has 4 nitrogen and oxygen atoms in total.